The first-order valence-corrected chi connectivity index (χ1v) is 9.35. The molecular weight excluding hydrogens is 346 g/mol. The van der Waals surface area contributed by atoms with E-state index in [1.165, 1.54) is 0 Å². The van der Waals surface area contributed by atoms with E-state index in [4.69, 9.17) is 0 Å². The number of carbonyl (C=O) groups is 2. The van der Waals surface area contributed by atoms with Crippen LogP contribution in [-0.2, 0) is 4.79 Å². The Balaban J connectivity index is 0.00000208. The zero-order valence-electron chi connectivity index (χ0n) is 13.9. The molecule has 0 spiro atoms. The van der Waals surface area contributed by atoms with E-state index < -0.39 is 0 Å². The molecule has 0 radical (unpaired) electrons. The first kappa shape index (κ1) is 19.1. The van der Waals surface area contributed by atoms with Gasteiger partial charge in [-0.25, -0.2) is 0 Å². The second-order valence-electron chi connectivity index (χ2n) is 6.04. The van der Waals surface area contributed by atoms with Crippen molar-refractivity contribution in [2.75, 3.05) is 39.0 Å². The molecule has 3 rings (SSSR count). The van der Waals surface area contributed by atoms with Gasteiger partial charge in [-0.05, 0) is 43.4 Å². The van der Waals surface area contributed by atoms with Crippen LogP contribution >= 0.6 is 24.2 Å². The molecule has 1 N–H and O–H groups in total. The van der Waals surface area contributed by atoms with Crippen molar-refractivity contribution in [2.45, 2.75) is 23.8 Å². The van der Waals surface area contributed by atoms with Gasteiger partial charge in [-0.2, -0.15) is 0 Å². The Morgan fingerprint density at radius 2 is 2.00 bits per heavy atom. The fourth-order valence-electron chi connectivity index (χ4n) is 3.32. The highest BCUT2D eigenvalue weighted by Gasteiger charge is 2.31. The van der Waals surface area contributed by atoms with Gasteiger partial charge in [0.05, 0.1) is 6.54 Å². The van der Waals surface area contributed by atoms with Gasteiger partial charge >= 0.3 is 0 Å². The third kappa shape index (κ3) is 4.23. The van der Waals surface area contributed by atoms with Crippen molar-refractivity contribution in [3.8, 4) is 0 Å². The van der Waals surface area contributed by atoms with E-state index in [0.29, 0.717) is 13.1 Å². The van der Waals surface area contributed by atoms with Crippen LogP contribution in [0.1, 0.15) is 23.2 Å². The molecule has 2 heterocycles. The van der Waals surface area contributed by atoms with Gasteiger partial charge in [-0.1, -0.05) is 0 Å². The van der Waals surface area contributed by atoms with Crippen molar-refractivity contribution in [3.63, 3.8) is 0 Å². The quantitative estimate of drug-likeness (QED) is 0.826. The van der Waals surface area contributed by atoms with Crippen LogP contribution in [0.3, 0.4) is 0 Å². The summed E-state index contributed by atoms with van der Waals surface area (Å²) in [7, 11) is 0. The van der Waals surface area contributed by atoms with E-state index >= 15 is 0 Å². The number of halogens is 1. The molecule has 2 aliphatic heterocycles. The van der Waals surface area contributed by atoms with E-state index in [-0.39, 0.29) is 30.3 Å². The lowest BCUT2D eigenvalue weighted by atomic mass is 10.0. The zero-order valence-corrected chi connectivity index (χ0v) is 15.5. The first-order chi connectivity index (χ1) is 11.2. The van der Waals surface area contributed by atoms with Crippen LogP contribution in [0.15, 0.2) is 29.2 Å². The second-order valence-corrected chi connectivity index (χ2v) is 6.92. The lowest BCUT2D eigenvalue weighted by Crippen LogP contribution is -2.57. The summed E-state index contributed by atoms with van der Waals surface area (Å²) >= 11 is 1.67. The minimum Gasteiger partial charge on any atom is -0.337 e. The summed E-state index contributed by atoms with van der Waals surface area (Å²) in [5.41, 5.74) is 0.732. The molecule has 0 aromatic heterocycles. The average molecular weight is 370 g/mol. The Bertz CT molecular complexity index is 582. The van der Waals surface area contributed by atoms with Gasteiger partial charge in [0.15, 0.2) is 0 Å². The van der Waals surface area contributed by atoms with Crippen LogP contribution < -0.4 is 5.32 Å². The predicted molar refractivity (Wildman–Crippen MR) is 99.0 cm³/mol. The van der Waals surface area contributed by atoms with Crippen molar-refractivity contribution in [1.82, 2.24) is 15.1 Å². The molecule has 5 nitrogen and oxygen atoms in total. The van der Waals surface area contributed by atoms with Crippen molar-refractivity contribution in [2.24, 2.45) is 0 Å². The minimum absolute atomic E-state index is 0. The summed E-state index contributed by atoms with van der Waals surface area (Å²) in [6.45, 7) is 3.43. The Hall–Kier alpha value is -1.24. The number of piperazine rings is 1. The molecule has 1 atom stereocenters. The third-order valence-corrected chi connectivity index (χ3v) is 5.33. The second kappa shape index (κ2) is 8.74. The number of carbonyl (C=O) groups excluding carboxylic acids is 2. The smallest absolute Gasteiger partial charge is 0.253 e. The average Bonchev–Trinajstić information content (AvgIpc) is 2.62. The van der Waals surface area contributed by atoms with Crippen LogP contribution in [-0.4, -0.2) is 66.6 Å². The van der Waals surface area contributed by atoms with Gasteiger partial charge in [0.25, 0.3) is 5.91 Å². The summed E-state index contributed by atoms with van der Waals surface area (Å²) in [5, 5.41) is 3.10. The topological polar surface area (TPSA) is 52.7 Å². The number of rotatable bonds is 3. The van der Waals surface area contributed by atoms with Gasteiger partial charge in [0.2, 0.25) is 5.91 Å². The summed E-state index contributed by atoms with van der Waals surface area (Å²) in [6, 6.07) is 7.92. The molecule has 24 heavy (non-hydrogen) atoms. The van der Waals surface area contributed by atoms with E-state index in [1.807, 2.05) is 40.3 Å². The molecule has 2 aliphatic rings. The van der Waals surface area contributed by atoms with Crippen LogP contribution in [0.2, 0.25) is 0 Å². The fraction of sp³-hybridized carbons (Fsp3) is 0.529. The van der Waals surface area contributed by atoms with Crippen LogP contribution in [0.5, 0.6) is 0 Å². The number of nitrogens with zero attached hydrogens (tertiary/aromatic N) is 2. The van der Waals surface area contributed by atoms with Crippen molar-refractivity contribution >= 4 is 36.0 Å². The summed E-state index contributed by atoms with van der Waals surface area (Å²) in [6.07, 6.45) is 3.97. The molecule has 2 amide bonds. The summed E-state index contributed by atoms with van der Waals surface area (Å²) < 4.78 is 0. The normalized spacial score (nSPS) is 21.4. The van der Waals surface area contributed by atoms with Crippen LogP contribution in [0.25, 0.3) is 0 Å². The van der Waals surface area contributed by atoms with Crippen molar-refractivity contribution in [3.05, 3.63) is 29.8 Å². The molecule has 132 valence electrons. The number of amides is 2. The highest BCUT2D eigenvalue weighted by molar-refractivity contribution is 7.98. The van der Waals surface area contributed by atoms with E-state index in [1.54, 1.807) is 11.8 Å². The maximum atomic E-state index is 12.7. The highest BCUT2D eigenvalue weighted by Crippen LogP contribution is 2.20. The van der Waals surface area contributed by atoms with Gasteiger partial charge in [0.1, 0.15) is 0 Å². The number of piperidine rings is 1. The van der Waals surface area contributed by atoms with Crippen molar-refractivity contribution in [1.29, 1.82) is 0 Å². The Morgan fingerprint density at radius 1 is 1.25 bits per heavy atom. The van der Waals surface area contributed by atoms with Crippen LogP contribution in [0.4, 0.5) is 0 Å². The third-order valence-electron chi connectivity index (χ3n) is 4.59. The predicted octanol–water partition coefficient (Wildman–Crippen LogP) is 1.87. The first-order valence-electron chi connectivity index (χ1n) is 8.12. The maximum Gasteiger partial charge on any atom is 0.253 e. The molecule has 2 fully saturated rings. The lowest BCUT2D eigenvalue weighted by Gasteiger charge is -2.41. The maximum absolute atomic E-state index is 12.7. The van der Waals surface area contributed by atoms with Gasteiger partial charge in [-0.3, -0.25) is 9.59 Å². The molecule has 1 aromatic rings. The highest BCUT2D eigenvalue weighted by atomic mass is 35.5. The SMILES string of the molecule is CSc1ccc(C(=O)N2CCCC(N3CCNCC3=O)C2)cc1.Cl. The van der Waals surface area contributed by atoms with E-state index in [2.05, 4.69) is 5.32 Å². The number of hydrogen-bond donors (Lipinski definition) is 1. The molecule has 1 unspecified atom stereocenters. The Labute approximate surface area is 153 Å². The van der Waals surface area contributed by atoms with Gasteiger partial charge < -0.3 is 15.1 Å². The van der Waals surface area contributed by atoms with Crippen LogP contribution in [0, 0.1) is 0 Å². The monoisotopic (exact) mass is 369 g/mol. The Kier molecular flexibility index (Phi) is 6.95. The molecule has 0 bridgehead atoms. The number of benzene rings is 1. The molecule has 0 saturated carbocycles. The standard InChI is InChI=1S/C17H23N3O2S.ClH/c1-23-15-6-4-13(5-7-15)17(22)19-9-2-3-14(12-19)20-10-8-18-11-16(20)21;/h4-7,14,18H,2-3,8-12H2,1H3;1H. The summed E-state index contributed by atoms with van der Waals surface area (Å²) in [5.74, 6) is 0.227. The molecule has 2 saturated heterocycles. The number of likely N-dealkylation sites (tertiary alicyclic amines) is 1. The molecule has 1 aromatic carbocycles. The molecular formula is C17H24ClN3O2S. The molecule has 7 heteroatoms. The zero-order chi connectivity index (χ0) is 16.2. The van der Waals surface area contributed by atoms with E-state index in [9.17, 15) is 9.59 Å². The summed E-state index contributed by atoms with van der Waals surface area (Å²) in [4.78, 5) is 29.8. The number of thioether (sulfide) groups is 1. The van der Waals surface area contributed by atoms with Gasteiger partial charge in [0, 0.05) is 42.7 Å². The van der Waals surface area contributed by atoms with Gasteiger partial charge in [-0.15, -0.1) is 24.2 Å². The largest absolute Gasteiger partial charge is 0.337 e. The fourth-order valence-corrected chi connectivity index (χ4v) is 3.73. The van der Waals surface area contributed by atoms with Crippen molar-refractivity contribution < 1.29 is 9.59 Å². The number of hydrogen-bond acceptors (Lipinski definition) is 4. The number of nitrogens with one attached hydrogen (secondary N) is 1. The Morgan fingerprint density at radius 3 is 2.67 bits per heavy atom. The van der Waals surface area contributed by atoms with E-state index in [0.717, 1.165) is 42.9 Å². The molecule has 0 aliphatic carbocycles. The minimum atomic E-state index is 0. The lowest BCUT2D eigenvalue weighted by molar-refractivity contribution is -0.135.